The molecule has 214 valence electrons. The SMILES string of the molecule is CC1=[C-]CC(c2cccc3ccccc23)=C1.CC1=[C-]CC(c2cccc3ccccc23)=C1.C[Si](=[Zr+2])c1ccccc1.[Cl-].[Cl-]. The van der Waals surface area contributed by atoms with Crippen LogP contribution in [0, 0.1) is 12.2 Å². The summed E-state index contributed by atoms with van der Waals surface area (Å²) >= 11 is 1.69. The predicted molar refractivity (Wildman–Crippen MR) is 176 cm³/mol. The molecule has 4 heteroatoms. The second kappa shape index (κ2) is 16.9. The van der Waals surface area contributed by atoms with Crippen LogP contribution in [0.3, 0.4) is 0 Å². The van der Waals surface area contributed by atoms with E-state index in [2.05, 4.69) is 160 Å². The Morgan fingerprint density at radius 3 is 1.30 bits per heavy atom. The minimum absolute atomic E-state index is 0. The van der Waals surface area contributed by atoms with Gasteiger partial charge in [0.05, 0.1) is 0 Å². The van der Waals surface area contributed by atoms with Gasteiger partial charge in [0, 0.05) is 0 Å². The molecule has 0 bridgehead atoms. The van der Waals surface area contributed by atoms with Crippen molar-refractivity contribution in [2.45, 2.75) is 33.2 Å². The minimum atomic E-state index is -0.122. The Kier molecular flexibility index (Phi) is 13.7. The number of rotatable bonds is 3. The molecule has 0 radical (unpaired) electrons. The molecule has 5 aromatic rings. The molecule has 0 heterocycles. The summed E-state index contributed by atoms with van der Waals surface area (Å²) in [6, 6.07) is 40.9. The van der Waals surface area contributed by atoms with Crippen molar-refractivity contribution in [1.82, 2.24) is 0 Å². The van der Waals surface area contributed by atoms with Gasteiger partial charge in [-0.25, -0.2) is 23.3 Å². The predicted octanol–water partition coefficient (Wildman–Crippen LogP) is 3.82. The summed E-state index contributed by atoms with van der Waals surface area (Å²) < 4.78 is 0. The molecule has 0 N–H and O–H groups in total. The molecule has 2 aliphatic rings. The van der Waals surface area contributed by atoms with Gasteiger partial charge in [0.2, 0.25) is 0 Å². The van der Waals surface area contributed by atoms with Gasteiger partial charge in [-0.15, -0.1) is 24.0 Å². The second-order valence-corrected chi connectivity index (χ2v) is 17.8. The first-order chi connectivity index (χ1) is 20.0. The van der Waals surface area contributed by atoms with E-state index in [1.54, 1.807) is 28.5 Å². The van der Waals surface area contributed by atoms with Gasteiger partial charge in [0.25, 0.3) is 0 Å². The smallest absolute Gasteiger partial charge is 1.00 e. The molecular weight excluding hydrogens is 659 g/mol. The van der Waals surface area contributed by atoms with Gasteiger partial charge in [-0.2, -0.15) is 0 Å². The van der Waals surface area contributed by atoms with Crippen molar-refractivity contribution in [3.63, 3.8) is 0 Å². The molecule has 43 heavy (non-hydrogen) atoms. The summed E-state index contributed by atoms with van der Waals surface area (Å²) in [4.78, 5) is 0. The fourth-order valence-electron chi connectivity index (χ4n) is 5.24. The third-order valence-corrected chi connectivity index (χ3v) is 10.7. The number of hydrogen-bond donors (Lipinski definition) is 0. The molecule has 0 aromatic heterocycles. The zero-order valence-electron chi connectivity index (χ0n) is 24.8. The molecule has 2 aliphatic carbocycles. The van der Waals surface area contributed by atoms with E-state index in [9.17, 15) is 0 Å². The molecule has 0 nitrogen and oxygen atoms in total. The van der Waals surface area contributed by atoms with Crippen molar-refractivity contribution in [2.24, 2.45) is 0 Å². The van der Waals surface area contributed by atoms with E-state index in [1.165, 1.54) is 55.0 Å². The molecule has 0 unspecified atom stereocenters. The van der Waals surface area contributed by atoms with Crippen LogP contribution in [0.15, 0.2) is 139 Å². The van der Waals surface area contributed by atoms with Crippen LogP contribution in [0.1, 0.15) is 37.8 Å². The van der Waals surface area contributed by atoms with Gasteiger partial charge in [-0.3, -0.25) is 12.2 Å². The summed E-state index contributed by atoms with van der Waals surface area (Å²) in [5, 5.41) is 6.86. The van der Waals surface area contributed by atoms with Gasteiger partial charge in [-0.05, 0) is 32.7 Å². The van der Waals surface area contributed by atoms with Crippen molar-refractivity contribution in [3.05, 3.63) is 162 Å². The van der Waals surface area contributed by atoms with Crippen LogP contribution in [-0.2, 0) is 23.3 Å². The van der Waals surface area contributed by atoms with Crippen molar-refractivity contribution in [1.29, 1.82) is 0 Å². The normalized spacial score (nSPS) is 13.1. The summed E-state index contributed by atoms with van der Waals surface area (Å²) in [5.74, 6) is 0. The minimum Gasteiger partial charge on any atom is -1.00 e. The number of halogens is 2. The Morgan fingerprint density at radius 2 is 0.930 bits per heavy atom. The topological polar surface area (TPSA) is 0 Å². The fourth-order valence-corrected chi connectivity index (χ4v) is 7.16. The summed E-state index contributed by atoms with van der Waals surface area (Å²) in [6.07, 6.45) is 13.1. The van der Waals surface area contributed by atoms with E-state index in [0.717, 1.165) is 12.8 Å². The Labute approximate surface area is 284 Å². The van der Waals surface area contributed by atoms with E-state index in [-0.39, 0.29) is 30.2 Å². The number of allylic oxidation sites excluding steroid dienone is 8. The van der Waals surface area contributed by atoms with Crippen LogP contribution in [0.4, 0.5) is 0 Å². The largest absolute Gasteiger partial charge is 1.00 e. The first-order valence-electron chi connectivity index (χ1n) is 14.1. The summed E-state index contributed by atoms with van der Waals surface area (Å²) in [7, 11) is 0. The standard InChI is InChI=1S/2C16H13.C7H8Si.2ClH.Zr/c2*1-12-9-10-14(11-12)16-8-4-6-13-5-2-3-7-15(13)16;1-8-7-5-3-2-4-6-7;;;/h2*2-8,11H,10H2,1H3;2-6H,1H3;2*1H;/q2*-1;;;;+2/p-2. The molecule has 0 atom stereocenters. The maximum atomic E-state index is 3.36. The quantitative estimate of drug-likeness (QED) is 0.200. The van der Waals surface area contributed by atoms with Crippen molar-refractivity contribution in [3.8, 4) is 0 Å². The fraction of sp³-hybridized carbons (Fsp3) is 0.128. The first-order valence-corrected chi connectivity index (χ1v) is 19.8. The molecule has 0 saturated carbocycles. The average Bonchev–Trinajstić information content (AvgIpc) is 3.65. The molecule has 0 saturated heterocycles. The van der Waals surface area contributed by atoms with Crippen LogP contribution >= 0.6 is 0 Å². The molecule has 5 aromatic carbocycles. The first kappa shape index (κ1) is 34.7. The van der Waals surface area contributed by atoms with Crippen LogP contribution < -0.4 is 30.0 Å². The third-order valence-electron chi connectivity index (χ3n) is 7.37. The number of fused-ring (bicyclic) bond motifs is 2. The molecule has 0 fully saturated rings. The van der Waals surface area contributed by atoms with E-state index in [0.29, 0.717) is 0 Å². The Morgan fingerprint density at radius 1 is 0.535 bits per heavy atom. The monoisotopic (exact) mass is 690 g/mol. The maximum absolute atomic E-state index is 3.36. The van der Waals surface area contributed by atoms with Gasteiger partial charge >= 0.3 is 70.8 Å². The van der Waals surface area contributed by atoms with E-state index in [1.807, 2.05) is 0 Å². The van der Waals surface area contributed by atoms with Crippen LogP contribution in [0.5, 0.6) is 0 Å². The van der Waals surface area contributed by atoms with Gasteiger partial charge in [0.1, 0.15) is 0 Å². The second-order valence-electron chi connectivity index (χ2n) is 10.5. The van der Waals surface area contributed by atoms with E-state index in [4.69, 9.17) is 0 Å². The maximum Gasteiger partial charge on any atom is -1.00 e. The van der Waals surface area contributed by atoms with E-state index >= 15 is 0 Å². The number of hydrogen-bond acceptors (Lipinski definition) is 0. The van der Waals surface area contributed by atoms with E-state index < -0.39 is 0 Å². The molecule has 7 rings (SSSR count). The average molecular weight is 693 g/mol. The Balaban J connectivity index is 0.000000180. The zero-order chi connectivity index (χ0) is 28.6. The van der Waals surface area contributed by atoms with Gasteiger partial charge < -0.3 is 24.8 Å². The summed E-state index contributed by atoms with van der Waals surface area (Å²) in [5.41, 5.74) is 7.85. The van der Waals surface area contributed by atoms with Crippen molar-refractivity contribution in [2.75, 3.05) is 0 Å². The van der Waals surface area contributed by atoms with Gasteiger partial charge in [0.15, 0.2) is 0 Å². The molecule has 0 spiro atoms. The number of benzene rings is 5. The van der Waals surface area contributed by atoms with Crippen LogP contribution in [0.2, 0.25) is 6.55 Å². The molecule has 0 aliphatic heterocycles. The van der Waals surface area contributed by atoms with Crippen LogP contribution in [-0.4, -0.2) is 5.43 Å². The van der Waals surface area contributed by atoms with Gasteiger partial charge in [-0.1, -0.05) is 98.8 Å². The Bertz CT molecular complexity index is 1710. The van der Waals surface area contributed by atoms with Crippen molar-refractivity contribution >= 4 is 43.3 Å². The van der Waals surface area contributed by atoms with Crippen LogP contribution in [0.25, 0.3) is 32.7 Å². The molecule has 0 amide bonds. The van der Waals surface area contributed by atoms with Crippen molar-refractivity contribution < 1.29 is 48.1 Å². The molecular formula is C39H34Cl2SiZr-2. The zero-order valence-corrected chi connectivity index (χ0v) is 29.8. The Hall–Kier alpha value is -2.74. The summed E-state index contributed by atoms with van der Waals surface area (Å²) in [6.45, 7) is 6.56. The third kappa shape index (κ3) is 9.13.